The van der Waals surface area contributed by atoms with Crippen LogP contribution in [-0.2, 0) is 27.2 Å². The van der Waals surface area contributed by atoms with E-state index in [0.29, 0.717) is 17.7 Å². The van der Waals surface area contributed by atoms with Gasteiger partial charge >= 0.3 is 5.97 Å². The Morgan fingerprint density at radius 3 is 2.90 bits per heavy atom. The van der Waals surface area contributed by atoms with Crippen molar-refractivity contribution >= 4 is 50.8 Å². The number of hydrogen-bond acceptors (Lipinski definition) is 8. The average Bonchev–Trinajstić information content (AvgIpc) is 3.40. The number of aromatic nitrogens is 4. The first-order chi connectivity index (χ1) is 14.7. The van der Waals surface area contributed by atoms with E-state index < -0.39 is 5.97 Å². The van der Waals surface area contributed by atoms with Gasteiger partial charge in [0.1, 0.15) is 17.2 Å². The van der Waals surface area contributed by atoms with Crippen LogP contribution >= 0.6 is 23.1 Å². The quantitative estimate of drug-likeness (QED) is 0.441. The zero-order valence-electron chi connectivity index (χ0n) is 16.8. The highest BCUT2D eigenvalue weighted by atomic mass is 32.2. The Kier molecular flexibility index (Phi) is 5.36. The molecule has 0 aliphatic heterocycles. The minimum Gasteiger partial charge on any atom is -0.465 e. The predicted octanol–water partition coefficient (Wildman–Crippen LogP) is 2.87. The summed E-state index contributed by atoms with van der Waals surface area (Å²) in [6.07, 6.45) is 6.88. The lowest BCUT2D eigenvalue weighted by Crippen LogP contribution is -2.31. The molecule has 3 aromatic rings. The molecule has 0 saturated heterocycles. The largest absolute Gasteiger partial charge is 0.465 e. The highest BCUT2D eigenvalue weighted by Crippen LogP contribution is 2.44. The van der Waals surface area contributed by atoms with Crippen molar-refractivity contribution in [3.63, 3.8) is 0 Å². The standard InChI is InChI=1S/C20H23N5O3S2/c1-2-28-15(27)9-21-14(26)10-29-20-24-23-18-16-12-5-3-4-6-13(12)30-19(16)22-17(25(18)20)11-7-8-11/h11H,2-10H2,1H3,(H,21,26). The Labute approximate surface area is 181 Å². The van der Waals surface area contributed by atoms with E-state index in [1.165, 1.54) is 35.0 Å². The summed E-state index contributed by atoms with van der Waals surface area (Å²) < 4.78 is 6.89. The lowest BCUT2D eigenvalue weighted by Gasteiger charge is -2.11. The number of carbonyl (C=O) groups is 2. The number of nitrogens with zero attached hydrogens (tertiary/aromatic N) is 4. The van der Waals surface area contributed by atoms with Gasteiger partial charge in [-0.3, -0.25) is 14.0 Å². The second kappa shape index (κ2) is 8.14. The molecule has 5 rings (SSSR count). The van der Waals surface area contributed by atoms with Crippen molar-refractivity contribution in [1.82, 2.24) is 24.9 Å². The molecule has 158 valence electrons. The summed E-state index contributed by atoms with van der Waals surface area (Å²) in [6.45, 7) is 1.91. The van der Waals surface area contributed by atoms with E-state index in [9.17, 15) is 9.59 Å². The molecule has 8 nitrogen and oxygen atoms in total. The van der Waals surface area contributed by atoms with Gasteiger partial charge in [-0.1, -0.05) is 11.8 Å². The number of hydrogen-bond donors (Lipinski definition) is 1. The van der Waals surface area contributed by atoms with Crippen LogP contribution in [0.3, 0.4) is 0 Å². The number of carbonyl (C=O) groups excluding carboxylic acids is 2. The zero-order chi connectivity index (χ0) is 20.7. The summed E-state index contributed by atoms with van der Waals surface area (Å²) in [6, 6.07) is 0. The summed E-state index contributed by atoms with van der Waals surface area (Å²) in [5.41, 5.74) is 2.26. The molecule has 1 fully saturated rings. The van der Waals surface area contributed by atoms with Gasteiger partial charge in [0, 0.05) is 10.8 Å². The molecule has 30 heavy (non-hydrogen) atoms. The summed E-state index contributed by atoms with van der Waals surface area (Å²) in [4.78, 5) is 31.1. The van der Waals surface area contributed by atoms with Crippen LogP contribution in [0.5, 0.6) is 0 Å². The number of ether oxygens (including phenoxy) is 1. The number of nitrogens with one attached hydrogen (secondary N) is 1. The molecule has 0 unspecified atom stereocenters. The first-order valence-electron chi connectivity index (χ1n) is 10.4. The van der Waals surface area contributed by atoms with E-state index in [2.05, 4.69) is 19.9 Å². The maximum atomic E-state index is 12.2. The first-order valence-corrected chi connectivity index (χ1v) is 12.2. The Hall–Kier alpha value is -2.20. The molecule has 2 aliphatic carbocycles. The van der Waals surface area contributed by atoms with Crippen LogP contribution in [-0.4, -0.2) is 50.4 Å². The van der Waals surface area contributed by atoms with E-state index in [1.807, 2.05) is 11.3 Å². The fourth-order valence-electron chi connectivity index (χ4n) is 3.93. The number of rotatable bonds is 7. The summed E-state index contributed by atoms with van der Waals surface area (Å²) in [5, 5.41) is 13.4. The number of aryl methyl sites for hydroxylation is 2. The molecule has 0 radical (unpaired) electrons. The second-order valence-electron chi connectivity index (χ2n) is 7.65. The van der Waals surface area contributed by atoms with Gasteiger partial charge in [0.2, 0.25) is 5.91 Å². The molecule has 10 heteroatoms. The topological polar surface area (TPSA) is 98.5 Å². The van der Waals surface area contributed by atoms with Crippen LogP contribution in [0.1, 0.15) is 54.8 Å². The number of thioether (sulfide) groups is 1. The van der Waals surface area contributed by atoms with E-state index in [0.717, 1.165) is 47.4 Å². The third-order valence-electron chi connectivity index (χ3n) is 5.46. The van der Waals surface area contributed by atoms with Gasteiger partial charge < -0.3 is 10.1 Å². The van der Waals surface area contributed by atoms with Gasteiger partial charge in [0.05, 0.1) is 17.7 Å². The first kappa shape index (κ1) is 19.7. The normalized spacial score (nSPS) is 16.0. The van der Waals surface area contributed by atoms with Crippen molar-refractivity contribution in [3.05, 3.63) is 16.3 Å². The van der Waals surface area contributed by atoms with Gasteiger partial charge in [0.15, 0.2) is 10.8 Å². The zero-order valence-corrected chi connectivity index (χ0v) is 18.4. The highest BCUT2D eigenvalue weighted by Gasteiger charge is 2.32. The van der Waals surface area contributed by atoms with E-state index >= 15 is 0 Å². The Morgan fingerprint density at radius 2 is 2.10 bits per heavy atom. The van der Waals surface area contributed by atoms with Crippen LogP contribution in [0.2, 0.25) is 0 Å². The molecule has 0 aromatic carbocycles. The summed E-state index contributed by atoms with van der Waals surface area (Å²) in [7, 11) is 0. The van der Waals surface area contributed by atoms with Crippen LogP contribution in [0.15, 0.2) is 5.16 Å². The molecule has 1 saturated carbocycles. The molecule has 3 heterocycles. The number of fused-ring (bicyclic) bond motifs is 5. The van der Waals surface area contributed by atoms with E-state index in [4.69, 9.17) is 9.72 Å². The fourth-order valence-corrected chi connectivity index (χ4v) is 5.96. The Morgan fingerprint density at radius 1 is 1.27 bits per heavy atom. The van der Waals surface area contributed by atoms with E-state index in [-0.39, 0.29) is 18.2 Å². The summed E-state index contributed by atoms with van der Waals surface area (Å²) in [5.74, 6) is 0.928. The molecular formula is C20H23N5O3S2. The van der Waals surface area contributed by atoms with Crippen molar-refractivity contribution < 1.29 is 14.3 Å². The predicted molar refractivity (Wildman–Crippen MR) is 115 cm³/mol. The van der Waals surface area contributed by atoms with Crippen LogP contribution < -0.4 is 5.32 Å². The smallest absolute Gasteiger partial charge is 0.325 e. The monoisotopic (exact) mass is 445 g/mol. The van der Waals surface area contributed by atoms with Gasteiger partial charge in [0.25, 0.3) is 0 Å². The van der Waals surface area contributed by atoms with Crippen molar-refractivity contribution in [2.75, 3.05) is 18.9 Å². The van der Waals surface area contributed by atoms with Crippen molar-refractivity contribution in [2.24, 2.45) is 0 Å². The molecule has 0 spiro atoms. The van der Waals surface area contributed by atoms with Gasteiger partial charge in [-0.05, 0) is 51.0 Å². The molecule has 0 bridgehead atoms. The van der Waals surface area contributed by atoms with Crippen molar-refractivity contribution in [1.29, 1.82) is 0 Å². The Balaban J connectivity index is 1.43. The molecular weight excluding hydrogens is 422 g/mol. The molecule has 3 aromatic heterocycles. The summed E-state index contributed by atoms with van der Waals surface area (Å²) >= 11 is 3.13. The minimum absolute atomic E-state index is 0.121. The number of esters is 1. The third-order valence-corrected chi connectivity index (χ3v) is 7.58. The number of amides is 1. The van der Waals surface area contributed by atoms with Gasteiger partial charge in [-0.25, -0.2) is 4.98 Å². The lowest BCUT2D eigenvalue weighted by molar-refractivity contribution is -0.143. The Bertz CT molecular complexity index is 1130. The number of thiophene rings is 1. The third kappa shape index (κ3) is 3.66. The molecule has 1 amide bonds. The fraction of sp³-hybridized carbons (Fsp3) is 0.550. The SMILES string of the molecule is CCOC(=O)CNC(=O)CSc1nnc2c3c4c(sc3nc(C3CC3)n12)CCCC4. The highest BCUT2D eigenvalue weighted by molar-refractivity contribution is 7.99. The van der Waals surface area contributed by atoms with Crippen LogP contribution in [0.4, 0.5) is 0 Å². The van der Waals surface area contributed by atoms with Gasteiger partial charge in [-0.2, -0.15) is 0 Å². The lowest BCUT2D eigenvalue weighted by atomic mass is 9.97. The van der Waals surface area contributed by atoms with Crippen molar-refractivity contribution in [3.8, 4) is 0 Å². The molecule has 0 atom stereocenters. The average molecular weight is 446 g/mol. The van der Waals surface area contributed by atoms with Gasteiger partial charge in [-0.15, -0.1) is 21.5 Å². The van der Waals surface area contributed by atoms with Crippen molar-refractivity contribution in [2.45, 2.75) is 56.5 Å². The maximum Gasteiger partial charge on any atom is 0.325 e. The van der Waals surface area contributed by atoms with Crippen LogP contribution in [0.25, 0.3) is 15.9 Å². The second-order valence-corrected chi connectivity index (χ2v) is 9.67. The van der Waals surface area contributed by atoms with Crippen LogP contribution in [0, 0.1) is 0 Å². The molecule has 2 aliphatic rings. The molecule has 1 N–H and O–H groups in total. The van der Waals surface area contributed by atoms with E-state index in [1.54, 1.807) is 6.92 Å². The minimum atomic E-state index is -0.436. The maximum absolute atomic E-state index is 12.2.